The van der Waals surface area contributed by atoms with Gasteiger partial charge in [0.2, 0.25) is 0 Å². The molecule has 1 aliphatic rings. The Bertz CT molecular complexity index is 768. The lowest BCUT2D eigenvalue weighted by Crippen LogP contribution is -2.47. The van der Waals surface area contributed by atoms with Crippen molar-refractivity contribution in [2.75, 3.05) is 33.2 Å². The summed E-state index contributed by atoms with van der Waals surface area (Å²) in [7, 11) is -3.60. The Morgan fingerprint density at radius 1 is 1.21 bits per heavy atom. The highest BCUT2D eigenvalue weighted by atomic mass is 127. The van der Waals surface area contributed by atoms with Gasteiger partial charge in [0.25, 0.3) is 0 Å². The fourth-order valence-electron chi connectivity index (χ4n) is 2.94. The van der Waals surface area contributed by atoms with Crippen molar-refractivity contribution >= 4 is 51.6 Å². The summed E-state index contributed by atoms with van der Waals surface area (Å²) in [6.45, 7) is 0.914. The Morgan fingerprint density at radius 3 is 2.31 bits per heavy atom. The molecule has 0 atom stereocenters. The van der Waals surface area contributed by atoms with Crippen LogP contribution in [0.4, 0.5) is 13.2 Å². The number of benzene rings is 1. The van der Waals surface area contributed by atoms with E-state index in [9.17, 15) is 21.6 Å². The van der Waals surface area contributed by atoms with Crippen molar-refractivity contribution < 1.29 is 21.6 Å². The lowest BCUT2D eigenvalue weighted by atomic mass is 9.98. The molecule has 1 heterocycles. The molecule has 0 spiro atoms. The summed E-state index contributed by atoms with van der Waals surface area (Å²) in [5.74, 6) is 0.675. The molecular weight excluding hydrogens is 544 g/mol. The summed E-state index contributed by atoms with van der Waals surface area (Å²) >= 11 is 5.85. The Labute approximate surface area is 191 Å². The van der Waals surface area contributed by atoms with Crippen LogP contribution >= 0.6 is 35.6 Å². The highest BCUT2D eigenvalue weighted by Crippen LogP contribution is 2.30. The number of halogens is 5. The van der Waals surface area contributed by atoms with E-state index in [1.807, 2.05) is 24.3 Å². The average Bonchev–Trinajstić information content (AvgIpc) is 2.65. The lowest BCUT2D eigenvalue weighted by molar-refractivity contribution is -0.0496. The molecule has 166 valence electrons. The molecule has 0 unspecified atom stereocenters. The van der Waals surface area contributed by atoms with Crippen LogP contribution in [0.3, 0.4) is 0 Å². The van der Waals surface area contributed by atoms with E-state index in [-0.39, 0.29) is 43.0 Å². The summed E-state index contributed by atoms with van der Waals surface area (Å²) in [5.41, 5.74) is -4.11. The number of nitrogens with zero attached hydrogens (tertiary/aromatic N) is 2. The van der Waals surface area contributed by atoms with Gasteiger partial charge in [-0.1, -0.05) is 23.7 Å². The first-order valence-electron chi connectivity index (χ1n) is 8.89. The van der Waals surface area contributed by atoms with Crippen LogP contribution in [0.1, 0.15) is 18.4 Å². The van der Waals surface area contributed by atoms with Gasteiger partial charge in [0.15, 0.2) is 5.96 Å². The topological polar surface area (TPSA) is 73.8 Å². The van der Waals surface area contributed by atoms with Gasteiger partial charge < -0.3 is 10.6 Å². The SMILES string of the molecule is CN=C(NCCc1ccc(Cl)cc1)NCC1CCN(S(=O)(=O)C(F)(F)F)CC1.I. The summed E-state index contributed by atoms with van der Waals surface area (Å²) in [4.78, 5) is 4.12. The van der Waals surface area contributed by atoms with E-state index >= 15 is 0 Å². The van der Waals surface area contributed by atoms with Crippen LogP contribution in [0.15, 0.2) is 29.3 Å². The van der Waals surface area contributed by atoms with Crippen molar-refractivity contribution in [2.45, 2.75) is 24.8 Å². The predicted octanol–water partition coefficient (Wildman–Crippen LogP) is 3.23. The molecule has 29 heavy (non-hydrogen) atoms. The smallest absolute Gasteiger partial charge is 0.356 e. The standard InChI is InChI=1S/C17H24ClF3N4O2S.HI/c1-22-16(23-9-6-13-2-4-15(18)5-3-13)24-12-14-7-10-25(11-8-14)28(26,27)17(19,20)21;/h2-5,14H,6-12H2,1H3,(H2,22,23,24);1H. The number of sulfonamides is 1. The van der Waals surface area contributed by atoms with Crippen LogP contribution in [-0.2, 0) is 16.4 Å². The maximum absolute atomic E-state index is 12.6. The van der Waals surface area contributed by atoms with E-state index in [4.69, 9.17) is 11.6 Å². The second-order valence-electron chi connectivity index (χ2n) is 6.55. The summed E-state index contributed by atoms with van der Waals surface area (Å²) in [5, 5.41) is 7.01. The van der Waals surface area contributed by atoms with E-state index in [1.54, 1.807) is 7.05 Å². The monoisotopic (exact) mass is 568 g/mol. The normalized spacial score (nSPS) is 16.9. The van der Waals surface area contributed by atoms with Gasteiger partial charge in [0.1, 0.15) is 0 Å². The molecule has 1 aliphatic heterocycles. The predicted molar refractivity (Wildman–Crippen MR) is 119 cm³/mol. The molecule has 1 aromatic rings. The van der Waals surface area contributed by atoms with Gasteiger partial charge in [0, 0.05) is 38.2 Å². The quantitative estimate of drug-likeness (QED) is 0.314. The maximum Gasteiger partial charge on any atom is 0.511 e. The number of rotatable bonds is 6. The molecule has 0 amide bonds. The number of piperidine rings is 1. The molecule has 1 saturated heterocycles. The van der Waals surface area contributed by atoms with Crippen LogP contribution < -0.4 is 10.6 Å². The van der Waals surface area contributed by atoms with Gasteiger partial charge in [0.05, 0.1) is 0 Å². The van der Waals surface area contributed by atoms with Crippen molar-refractivity contribution in [2.24, 2.45) is 10.9 Å². The van der Waals surface area contributed by atoms with Crippen molar-refractivity contribution in [3.05, 3.63) is 34.9 Å². The zero-order chi connectivity index (χ0) is 20.8. The minimum atomic E-state index is -5.24. The first-order chi connectivity index (χ1) is 13.1. The second-order valence-corrected chi connectivity index (χ2v) is 8.92. The largest absolute Gasteiger partial charge is 0.511 e. The Kier molecular flexibility index (Phi) is 10.5. The Balaban J connectivity index is 0.00000420. The molecule has 0 saturated carbocycles. The van der Waals surface area contributed by atoms with E-state index in [1.165, 1.54) is 0 Å². The van der Waals surface area contributed by atoms with E-state index < -0.39 is 15.5 Å². The minimum Gasteiger partial charge on any atom is -0.356 e. The summed E-state index contributed by atoms with van der Waals surface area (Å²) < 4.78 is 61.2. The maximum atomic E-state index is 12.6. The van der Waals surface area contributed by atoms with Gasteiger partial charge >= 0.3 is 15.5 Å². The lowest BCUT2D eigenvalue weighted by Gasteiger charge is -2.31. The molecule has 0 bridgehead atoms. The first-order valence-corrected chi connectivity index (χ1v) is 10.7. The Morgan fingerprint density at radius 2 is 1.79 bits per heavy atom. The highest BCUT2D eigenvalue weighted by molar-refractivity contribution is 14.0. The molecule has 0 radical (unpaired) electrons. The van der Waals surface area contributed by atoms with Crippen LogP contribution in [0, 0.1) is 5.92 Å². The number of alkyl halides is 3. The molecule has 1 aromatic carbocycles. The zero-order valence-electron chi connectivity index (χ0n) is 15.9. The second kappa shape index (κ2) is 11.6. The van der Waals surface area contributed by atoms with Gasteiger partial charge in [-0.2, -0.15) is 17.5 Å². The number of nitrogens with one attached hydrogen (secondary N) is 2. The molecule has 12 heteroatoms. The molecule has 2 rings (SSSR count). The Hall–Kier alpha value is -0.790. The van der Waals surface area contributed by atoms with Gasteiger partial charge in [-0.3, -0.25) is 4.99 Å². The van der Waals surface area contributed by atoms with Crippen LogP contribution in [0.5, 0.6) is 0 Å². The zero-order valence-corrected chi connectivity index (χ0v) is 19.8. The highest BCUT2D eigenvalue weighted by Gasteiger charge is 2.50. The van der Waals surface area contributed by atoms with Gasteiger partial charge in [-0.05, 0) is 42.9 Å². The number of aliphatic imine (C=N–C) groups is 1. The van der Waals surface area contributed by atoms with Crippen LogP contribution in [0.2, 0.25) is 5.02 Å². The van der Waals surface area contributed by atoms with E-state index in [0.29, 0.717) is 41.2 Å². The van der Waals surface area contributed by atoms with Gasteiger partial charge in [-0.15, -0.1) is 24.0 Å². The molecule has 2 N–H and O–H groups in total. The molecule has 6 nitrogen and oxygen atoms in total. The number of hydrogen-bond acceptors (Lipinski definition) is 3. The van der Waals surface area contributed by atoms with Crippen molar-refractivity contribution in [3.63, 3.8) is 0 Å². The summed E-state index contributed by atoms with van der Waals surface area (Å²) in [6, 6.07) is 7.55. The number of guanidine groups is 1. The van der Waals surface area contributed by atoms with Crippen molar-refractivity contribution in [1.82, 2.24) is 14.9 Å². The van der Waals surface area contributed by atoms with Gasteiger partial charge in [-0.25, -0.2) is 8.42 Å². The third kappa shape index (κ3) is 7.76. The fraction of sp³-hybridized carbons (Fsp3) is 0.588. The first kappa shape index (κ1) is 26.2. The summed E-state index contributed by atoms with van der Waals surface area (Å²) in [6.07, 6.45) is 1.51. The van der Waals surface area contributed by atoms with Crippen LogP contribution in [0.25, 0.3) is 0 Å². The molecular formula is C17H25ClF3IN4O2S. The minimum absolute atomic E-state index is 0. The third-order valence-corrected chi connectivity index (χ3v) is 6.49. The van der Waals surface area contributed by atoms with E-state index in [2.05, 4.69) is 15.6 Å². The third-order valence-electron chi connectivity index (χ3n) is 4.61. The number of hydrogen-bond donors (Lipinski definition) is 2. The molecule has 0 aromatic heterocycles. The fourth-order valence-corrected chi connectivity index (χ4v) is 4.05. The molecule has 0 aliphatic carbocycles. The van der Waals surface area contributed by atoms with Crippen molar-refractivity contribution in [3.8, 4) is 0 Å². The molecule has 1 fully saturated rings. The van der Waals surface area contributed by atoms with Crippen molar-refractivity contribution in [1.29, 1.82) is 0 Å². The average molecular weight is 569 g/mol. The van der Waals surface area contributed by atoms with Crippen LogP contribution in [-0.4, -0.2) is 57.4 Å². The van der Waals surface area contributed by atoms with E-state index in [0.717, 1.165) is 12.0 Å².